The number of hydrogen-bond donors (Lipinski definition) is 0. The molecule has 0 fully saturated rings. The van der Waals surface area contributed by atoms with Gasteiger partial charge in [-0.3, -0.25) is 4.24 Å². The third-order valence-electron chi connectivity index (χ3n) is 1.36. The topological polar surface area (TPSA) is 15.4 Å². The Morgan fingerprint density at radius 1 is 1.44 bits per heavy atom. The third-order valence-corrected chi connectivity index (χ3v) is 3.21. The summed E-state index contributed by atoms with van der Waals surface area (Å²) in [6, 6.07) is 0. The van der Waals surface area contributed by atoms with Crippen molar-refractivity contribution in [2.45, 2.75) is 19.6 Å². The molecule has 0 amide bonds. The molecule has 1 aliphatic heterocycles. The second-order valence-electron chi connectivity index (χ2n) is 3.24. The molecule has 0 unspecified atom stereocenters. The number of nitrogens with zero attached hydrogens (tertiary/aromatic N) is 2. The van der Waals surface area contributed by atoms with Crippen LogP contribution in [0.2, 0.25) is 19.6 Å². The molecule has 0 N–H and O–H groups in total. The molecule has 1 rings (SSSR count). The summed E-state index contributed by atoms with van der Waals surface area (Å²) >= 11 is 0. The van der Waals surface area contributed by atoms with E-state index in [1.807, 2.05) is 6.34 Å². The highest BCUT2D eigenvalue weighted by Gasteiger charge is 2.25. The smallest absolute Gasteiger partial charge is 0.266 e. The van der Waals surface area contributed by atoms with Crippen molar-refractivity contribution < 1.29 is 4.24 Å². The maximum atomic E-state index is 4.11. The van der Waals surface area contributed by atoms with Crippen LogP contribution in [0.1, 0.15) is 0 Å². The summed E-state index contributed by atoms with van der Waals surface area (Å²) in [4.78, 5) is 4.11. The Labute approximate surface area is 57.0 Å². The molecule has 2 nitrogen and oxygen atoms in total. The van der Waals surface area contributed by atoms with Gasteiger partial charge in [0, 0.05) is 0 Å². The van der Waals surface area contributed by atoms with E-state index in [9.17, 15) is 0 Å². The van der Waals surface area contributed by atoms with Crippen LogP contribution in [0.15, 0.2) is 4.99 Å². The molecule has 9 heavy (non-hydrogen) atoms. The van der Waals surface area contributed by atoms with E-state index >= 15 is 0 Å². The van der Waals surface area contributed by atoms with Gasteiger partial charge in [-0.1, -0.05) is 4.99 Å². The van der Waals surface area contributed by atoms with Crippen LogP contribution in [0.5, 0.6) is 0 Å². The molecule has 1 aliphatic rings. The molecule has 0 bridgehead atoms. The fourth-order valence-electron chi connectivity index (χ4n) is 0.764. The van der Waals surface area contributed by atoms with Crippen LogP contribution in [0.3, 0.4) is 0 Å². The zero-order chi connectivity index (χ0) is 6.91. The molecule has 0 saturated carbocycles. The minimum atomic E-state index is -1.10. The second kappa shape index (κ2) is 2.06. The van der Waals surface area contributed by atoms with Crippen molar-refractivity contribution in [2.24, 2.45) is 4.99 Å². The molecule has 0 radical (unpaired) electrons. The first kappa shape index (κ1) is 6.67. The summed E-state index contributed by atoms with van der Waals surface area (Å²) in [6.45, 7) is 7.80. The summed E-state index contributed by atoms with van der Waals surface area (Å²) in [5, 5.41) is 0. The number of rotatable bonds is 1. The molecule has 0 atom stereocenters. The molecule has 1 heterocycles. The normalized spacial score (nSPS) is 18.3. The van der Waals surface area contributed by atoms with Crippen LogP contribution < -0.4 is 0 Å². The van der Waals surface area contributed by atoms with Crippen molar-refractivity contribution >= 4 is 20.8 Å². The van der Waals surface area contributed by atoms with Gasteiger partial charge in [0.05, 0.1) is 6.21 Å². The van der Waals surface area contributed by atoms with Gasteiger partial charge in [-0.05, 0) is 19.6 Å². The van der Waals surface area contributed by atoms with Gasteiger partial charge in [0.25, 0.3) is 14.6 Å². The Hall–Kier alpha value is -0.443. The van der Waals surface area contributed by atoms with E-state index in [0.717, 1.165) is 6.54 Å². The maximum Gasteiger partial charge on any atom is 0.266 e. The molecular formula is C6H13N2Si+. The quantitative estimate of drug-likeness (QED) is 0.483. The van der Waals surface area contributed by atoms with Crippen LogP contribution in [0.4, 0.5) is 0 Å². The molecule has 0 aromatic rings. The summed E-state index contributed by atoms with van der Waals surface area (Å²) in [5.74, 6) is 0. The van der Waals surface area contributed by atoms with E-state index in [4.69, 9.17) is 0 Å². The van der Waals surface area contributed by atoms with E-state index < -0.39 is 8.24 Å². The Balaban J connectivity index is 2.73. The predicted molar refractivity (Wildman–Crippen MR) is 43.0 cm³/mol. The highest BCUT2D eigenvalue weighted by molar-refractivity contribution is 6.69. The van der Waals surface area contributed by atoms with E-state index in [-0.39, 0.29) is 0 Å². The Morgan fingerprint density at radius 2 is 2.11 bits per heavy atom. The zero-order valence-corrected chi connectivity index (χ0v) is 7.26. The first-order valence-electron chi connectivity index (χ1n) is 3.22. The van der Waals surface area contributed by atoms with Crippen LogP contribution in [-0.4, -0.2) is 31.6 Å². The Morgan fingerprint density at radius 3 is 2.33 bits per heavy atom. The van der Waals surface area contributed by atoms with Gasteiger partial charge >= 0.3 is 0 Å². The van der Waals surface area contributed by atoms with E-state index in [2.05, 4.69) is 35.1 Å². The fraction of sp³-hybridized carbons (Fsp3) is 0.667. The van der Waals surface area contributed by atoms with Crippen molar-refractivity contribution in [1.82, 2.24) is 0 Å². The third kappa shape index (κ3) is 1.48. The van der Waals surface area contributed by atoms with Crippen molar-refractivity contribution in [3.05, 3.63) is 0 Å². The molecule has 0 saturated heterocycles. The Kier molecular flexibility index (Phi) is 1.53. The van der Waals surface area contributed by atoms with Crippen molar-refractivity contribution in [3.63, 3.8) is 0 Å². The van der Waals surface area contributed by atoms with Crippen LogP contribution in [-0.2, 0) is 0 Å². The molecule has 0 aromatic heterocycles. The first-order valence-corrected chi connectivity index (χ1v) is 6.67. The molecule has 0 aliphatic carbocycles. The van der Waals surface area contributed by atoms with Gasteiger partial charge in [0.15, 0.2) is 6.54 Å². The second-order valence-corrected chi connectivity index (χ2v) is 8.10. The average Bonchev–Trinajstić information content (AvgIpc) is 2.08. The van der Waals surface area contributed by atoms with E-state index in [0.29, 0.717) is 0 Å². The maximum absolute atomic E-state index is 4.11. The fourth-order valence-corrected chi connectivity index (χ4v) is 1.82. The zero-order valence-electron chi connectivity index (χ0n) is 6.26. The number of aliphatic imine (C=N–C) groups is 1. The monoisotopic (exact) mass is 141 g/mol. The van der Waals surface area contributed by atoms with E-state index in [1.165, 1.54) is 0 Å². The summed E-state index contributed by atoms with van der Waals surface area (Å²) in [7, 11) is -1.10. The first-order chi connectivity index (χ1) is 4.11. The lowest BCUT2D eigenvalue weighted by molar-refractivity contribution is -0.236. The van der Waals surface area contributed by atoms with Gasteiger partial charge in [0.1, 0.15) is 0 Å². The SMILES string of the molecule is C[Si](C)(C)[N+]1=CCN=C1. The molecule has 3 heteroatoms. The lowest BCUT2D eigenvalue weighted by atomic mass is 10.8. The minimum absolute atomic E-state index is 0.879. The van der Waals surface area contributed by atoms with Gasteiger partial charge < -0.3 is 0 Å². The standard InChI is InChI=1S/C6H13N2Si/c1-9(2,3)8-5-4-7-6-8/h5-6H,4H2,1-3H3/q+1. The summed E-state index contributed by atoms with van der Waals surface area (Å²) < 4.78 is 2.27. The van der Waals surface area contributed by atoms with Crippen molar-refractivity contribution in [2.75, 3.05) is 6.54 Å². The van der Waals surface area contributed by atoms with Gasteiger partial charge in [-0.25, -0.2) is 0 Å². The van der Waals surface area contributed by atoms with Crippen LogP contribution in [0, 0.1) is 0 Å². The highest BCUT2D eigenvalue weighted by Crippen LogP contribution is 2.01. The van der Waals surface area contributed by atoms with Crippen molar-refractivity contribution in [1.29, 1.82) is 0 Å². The molecule has 0 spiro atoms. The number of hydrogen-bond acceptors (Lipinski definition) is 1. The molecular weight excluding hydrogens is 128 g/mol. The summed E-state index contributed by atoms with van der Waals surface area (Å²) in [6.07, 6.45) is 4.11. The lowest BCUT2D eigenvalue weighted by Gasteiger charge is -2.10. The predicted octanol–water partition coefficient (Wildman–Crippen LogP) is 0.946. The Bertz CT molecular complexity index is 164. The van der Waals surface area contributed by atoms with E-state index in [1.54, 1.807) is 0 Å². The lowest BCUT2D eigenvalue weighted by Crippen LogP contribution is -2.36. The van der Waals surface area contributed by atoms with Crippen molar-refractivity contribution in [3.8, 4) is 0 Å². The van der Waals surface area contributed by atoms with Gasteiger partial charge in [-0.15, -0.1) is 0 Å². The molecule has 0 aromatic carbocycles. The minimum Gasteiger partial charge on any atom is -0.288 e. The largest absolute Gasteiger partial charge is 0.288 e. The van der Waals surface area contributed by atoms with Crippen LogP contribution >= 0.6 is 0 Å². The van der Waals surface area contributed by atoms with Gasteiger partial charge in [-0.2, -0.15) is 0 Å². The highest BCUT2D eigenvalue weighted by atomic mass is 28.3. The average molecular weight is 141 g/mol. The summed E-state index contributed by atoms with van der Waals surface area (Å²) in [5.41, 5.74) is 0. The van der Waals surface area contributed by atoms with Crippen LogP contribution in [0.25, 0.3) is 0 Å². The van der Waals surface area contributed by atoms with Gasteiger partial charge in [0.2, 0.25) is 0 Å². The molecule has 50 valence electrons.